The van der Waals surface area contributed by atoms with E-state index in [9.17, 15) is 4.79 Å². The molecule has 0 bridgehead atoms. The molecule has 2 atom stereocenters. The van der Waals surface area contributed by atoms with Gasteiger partial charge in [0, 0.05) is 11.9 Å². The van der Waals surface area contributed by atoms with Crippen LogP contribution < -0.4 is 0 Å². The molecule has 0 radical (unpaired) electrons. The first-order valence-electron chi connectivity index (χ1n) is 6.69. The summed E-state index contributed by atoms with van der Waals surface area (Å²) in [5.41, 5.74) is 0. The Hall–Kier alpha value is -0.0900. The van der Waals surface area contributed by atoms with Crippen molar-refractivity contribution in [3.8, 4) is 0 Å². The largest absolute Gasteiger partial charge is 0.465 e. The molecule has 0 amide bonds. The monoisotopic (exact) mass is 305 g/mol. The normalized spacial score (nSPS) is 23.4. The van der Waals surface area contributed by atoms with Gasteiger partial charge in [0.15, 0.2) is 0 Å². The number of carbonyl (C=O) groups is 1. The number of alkyl halides is 1. The number of carbonyl (C=O) groups excluding carboxylic acids is 1. The molecule has 4 heteroatoms. The number of hydrogen-bond donors (Lipinski definition) is 0. The van der Waals surface area contributed by atoms with Crippen LogP contribution in [-0.4, -0.2) is 41.9 Å². The van der Waals surface area contributed by atoms with Crippen LogP contribution in [0.4, 0.5) is 0 Å². The van der Waals surface area contributed by atoms with Gasteiger partial charge in [0.25, 0.3) is 0 Å². The predicted octanol–water partition coefficient (Wildman–Crippen LogP) is 2.83. The highest BCUT2D eigenvalue weighted by Gasteiger charge is 2.30. The summed E-state index contributed by atoms with van der Waals surface area (Å²) < 4.78 is 5.17. The molecular weight excluding hydrogens is 282 g/mol. The summed E-state index contributed by atoms with van der Waals surface area (Å²) in [4.78, 5) is 14.2. The zero-order valence-corrected chi connectivity index (χ0v) is 12.5. The van der Waals surface area contributed by atoms with E-state index in [4.69, 9.17) is 4.74 Å². The minimum Gasteiger partial charge on any atom is -0.465 e. The quantitative estimate of drug-likeness (QED) is 0.558. The van der Waals surface area contributed by atoms with Crippen molar-refractivity contribution in [1.29, 1.82) is 0 Å². The lowest BCUT2D eigenvalue weighted by atomic mass is 9.99. The first-order valence-corrected chi connectivity index (χ1v) is 7.81. The van der Waals surface area contributed by atoms with E-state index in [0.717, 1.165) is 37.7 Å². The molecule has 2 unspecified atom stereocenters. The molecule has 0 N–H and O–H groups in total. The molecule has 0 aromatic carbocycles. The zero-order chi connectivity index (χ0) is 12.7. The highest BCUT2D eigenvalue weighted by Crippen LogP contribution is 2.21. The second-order valence-electron chi connectivity index (χ2n) is 4.69. The van der Waals surface area contributed by atoms with Crippen molar-refractivity contribution in [3.63, 3.8) is 0 Å². The van der Waals surface area contributed by atoms with Crippen molar-refractivity contribution in [2.75, 3.05) is 25.0 Å². The van der Waals surface area contributed by atoms with Crippen LogP contribution in [0.5, 0.6) is 0 Å². The maximum Gasteiger partial charge on any atom is 0.323 e. The van der Waals surface area contributed by atoms with Crippen LogP contribution >= 0.6 is 15.9 Å². The van der Waals surface area contributed by atoms with E-state index in [1.165, 1.54) is 6.42 Å². The summed E-state index contributed by atoms with van der Waals surface area (Å²) in [7, 11) is 0. The Morgan fingerprint density at radius 2 is 2.24 bits per heavy atom. The first kappa shape index (κ1) is 15.0. The van der Waals surface area contributed by atoms with Gasteiger partial charge in [0.2, 0.25) is 0 Å². The summed E-state index contributed by atoms with van der Waals surface area (Å²) in [6, 6.07) is -0.00296. The van der Waals surface area contributed by atoms with Crippen LogP contribution in [0.2, 0.25) is 0 Å². The molecule has 1 saturated heterocycles. The number of halogens is 1. The van der Waals surface area contributed by atoms with Gasteiger partial charge in [-0.3, -0.25) is 9.69 Å². The predicted molar refractivity (Wildman–Crippen MR) is 73.4 cm³/mol. The van der Waals surface area contributed by atoms with Crippen LogP contribution in [0.15, 0.2) is 0 Å². The second-order valence-corrected chi connectivity index (χ2v) is 5.33. The van der Waals surface area contributed by atoms with E-state index in [2.05, 4.69) is 27.8 Å². The number of rotatable bonds is 6. The molecular formula is C13H24BrNO2. The highest BCUT2D eigenvalue weighted by atomic mass is 79.9. The van der Waals surface area contributed by atoms with Gasteiger partial charge in [0.1, 0.15) is 6.04 Å². The van der Waals surface area contributed by atoms with Crippen molar-refractivity contribution < 1.29 is 9.53 Å². The van der Waals surface area contributed by atoms with E-state index in [0.29, 0.717) is 12.5 Å². The molecule has 1 aliphatic rings. The smallest absolute Gasteiger partial charge is 0.323 e. The van der Waals surface area contributed by atoms with Crippen LogP contribution in [0.25, 0.3) is 0 Å². The van der Waals surface area contributed by atoms with Gasteiger partial charge >= 0.3 is 5.97 Å². The number of likely N-dealkylation sites (tertiary alicyclic amines) is 1. The number of piperidine rings is 1. The van der Waals surface area contributed by atoms with Gasteiger partial charge in [-0.2, -0.15) is 0 Å². The van der Waals surface area contributed by atoms with E-state index >= 15 is 0 Å². The molecule has 1 heterocycles. The van der Waals surface area contributed by atoms with Gasteiger partial charge in [0.05, 0.1) is 6.61 Å². The van der Waals surface area contributed by atoms with Crippen molar-refractivity contribution in [1.82, 2.24) is 4.90 Å². The third kappa shape index (κ3) is 4.59. The minimum absolute atomic E-state index is 0.00296. The molecule has 3 nitrogen and oxygen atoms in total. The minimum atomic E-state index is -0.0309. The molecule has 1 rings (SSSR count). The van der Waals surface area contributed by atoms with E-state index in [1.54, 1.807) is 0 Å². The molecule has 17 heavy (non-hydrogen) atoms. The van der Waals surface area contributed by atoms with Crippen molar-refractivity contribution in [3.05, 3.63) is 0 Å². The molecule has 0 aromatic rings. The molecule has 0 aliphatic carbocycles. The lowest BCUT2D eigenvalue weighted by molar-refractivity contribution is -0.151. The van der Waals surface area contributed by atoms with Crippen LogP contribution in [0.3, 0.4) is 0 Å². The van der Waals surface area contributed by atoms with E-state index in [-0.39, 0.29) is 12.0 Å². The van der Waals surface area contributed by atoms with Gasteiger partial charge in [-0.25, -0.2) is 0 Å². The SMILES string of the molecule is CCOC(=O)C1CCCCN1CC(CC)CBr. The second kappa shape index (κ2) is 8.09. The number of ether oxygens (including phenoxy) is 1. The maximum absolute atomic E-state index is 11.9. The number of nitrogens with zero attached hydrogens (tertiary/aromatic N) is 1. The van der Waals surface area contributed by atoms with Crippen LogP contribution in [0, 0.1) is 5.92 Å². The average Bonchev–Trinajstić information content (AvgIpc) is 2.36. The fourth-order valence-corrected chi connectivity index (χ4v) is 3.00. The third-order valence-corrected chi connectivity index (χ3v) is 4.38. The average molecular weight is 306 g/mol. The molecule has 0 saturated carbocycles. The summed E-state index contributed by atoms with van der Waals surface area (Å²) in [6.07, 6.45) is 4.45. The van der Waals surface area contributed by atoms with Crippen LogP contribution in [0.1, 0.15) is 39.5 Å². The van der Waals surface area contributed by atoms with Gasteiger partial charge < -0.3 is 4.74 Å². The fourth-order valence-electron chi connectivity index (χ4n) is 2.33. The number of hydrogen-bond acceptors (Lipinski definition) is 3. The summed E-state index contributed by atoms with van der Waals surface area (Å²) in [6.45, 7) is 6.60. The Kier molecular flexibility index (Phi) is 7.12. The Morgan fingerprint density at radius 1 is 1.47 bits per heavy atom. The first-order chi connectivity index (χ1) is 8.22. The van der Waals surface area contributed by atoms with E-state index < -0.39 is 0 Å². The Balaban J connectivity index is 2.55. The van der Waals surface area contributed by atoms with E-state index in [1.807, 2.05) is 6.92 Å². The summed E-state index contributed by atoms with van der Waals surface area (Å²) in [5, 5.41) is 1.01. The Bertz CT molecular complexity index is 231. The van der Waals surface area contributed by atoms with Gasteiger partial charge in [-0.05, 0) is 32.2 Å². The zero-order valence-electron chi connectivity index (χ0n) is 11.0. The maximum atomic E-state index is 11.9. The lowest BCUT2D eigenvalue weighted by Crippen LogP contribution is -2.47. The van der Waals surface area contributed by atoms with Crippen molar-refractivity contribution in [2.45, 2.75) is 45.6 Å². The van der Waals surface area contributed by atoms with Crippen LogP contribution in [-0.2, 0) is 9.53 Å². The molecule has 1 fully saturated rings. The molecule has 1 aliphatic heterocycles. The van der Waals surface area contributed by atoms with Crippen molar-refractivity contribution >= 4 is 21.9 Å². The highest BCUT2D eigenvalue weighted by molar-refractivity contribution is 9.09. The number of esters is 1. The van der Waals surface area contributed by atoms with Crippen molar-refractivity contribution in [2.24, 2.45) is 5.92 Å². The molecule has 0 aromatic heterocycles. The Labute approximate surface area is 113 Å². The molecule has 0 spiro atoms. The fraction of sp³-hybridized carbons (Fsp3) is 0.923. The topological polar surface area (TPSA) is 29.5 Å². The molecule has 100 valence electrons. The van der Waals surface area contributed by atoms with Gasteiger partial charge in [-0.1, -0.05) is 35.7 Å². The third-order valence-electron chi connectivity index (χ3n) is 3.46. The Morgan fingerprint density at radius 3 is 2.82 bits per heavy atom. The lowest BCUT2D eigenvalue weighted by Gasteiger charge is -2.35. The summed E-state index contributed by atoms with van der Waals surface area (Å²) in [5.74, 6) is 0.599. The van der Waals surface area contributed by atoms with Gasteiger partial charge in [-0.15, -0.1) is 0 Å². The standard InChI is InChI=1S/C13H24BrNO2/c1-3-11(9-14)10-15-8-6-5-7-12(15)13(16)17-4-2/h11-12H,3-10H2,1-2H3. The summed E-state index contributed by atoms with van der Waals surface area (Å²) >= 11 is 3.55.